The van der Waals surface area contributed by atoms with Crippen LogP contribution in [-0.2, 0) is 11.2 Å². The van der Waals surface area contributed by atoms with Gasteiger partial charge in [0.15, 0.2) is 0 Å². The van der Waals surface area contributed by atoms with Gasteiger partial charge in [0.1, 0.15) is 0 Å². The van der Waals surface area contributed by atoms with E-state index in [1.54, 1.807) is 11.3 Å². The van der Waals surface area contributed by atoms with Gasteiger partial charge in [-0.25, -0.2) is 0 Å². The van der Waals surface area contributed by atoms with Crippen LogP contribution in [0.4, 0.5) is 0 Å². The second kappa shape index (κ2) is 4.77. The lowest BCUT2D eigenvalue weighted by atomic mass is 10.0. The summed E-state index contributed by atoms with van der Waals surface area (Å²) in [5.41, 5.74) is 0. The van der Waals surface area contributed by atoms with Gasteiger partial charge in [0.2, 0.25) is 5.91 Å². The van der Waals surface area contributed by atoms with Gasteiger partial charge < -0.3 is 10.2 Å². The van der Waals surface area contributed by atoms with Gasteiger partial charge in [-0.1, -0.05) is 6.07 Å². The van der Waals surface area contributed by atoms with Gasteiger partial charge in [-0.05, 0) is 17.9 Å². The molecule has 0 unspecified atom stereocenters. The predicted molar refractivity (Wildman–Crippen MR) is 62.0 cm³/mol. The number of hydrogen-bond donors (Lipinski definition) is 1. The predicted octanol–water partition coefficient (Wildman–Crippen LogP) is 0.968. The molecule has 82 valence electrons. The third-order valence-corrected chi connectivity index (χ3v) is 3.72. The maximum Gasteiger partial charge on any atom is 0.228 e. The third kappa shape index (κ3) is 2.58. The molecule has 15 heavy (non-hydrogen) atoms. The molecule has 1 aromatic rings. The minimum absolute atomic E-state index is 0.221. The van der Waals surface area contributed by atoms with Crippen LogP contribution in [0.15, 0.2) is 17.5 Å². The van der Waals surface area contributed by atoms with Crippen molar-refractivity contribution in [2.75, 3.05) is 26.7 Å². The number of carbonyl (C=O) groups excluding carboxylic acids is 1. The van der Waals surface area contributed by atoms with Crippen molar-refractivity contribution >= 4 is 17.2 Å². The zero-order valence-electron chi connectivity index (χ0n) is 8.90. The van der Waals surface area contributed by atoms with Crippen molar-refractivity contribution in [2.24, 2.45) is 5.92 Å². The van der Waals surface area contributed by atoms with E-state index >= 15 is 0 Å². The van der Waals surface area contributed by atoms with Crippen LogP contribution in [0.25, 0.3) is 0 Å². The number of amides is 1. The van der Waals surface area contributed by atoms with Crippen LogP contribution < -0.4 is 5.32 Å². The van der Waals surface area contributed by atoms with Crippen molar-refractivity contribution in [3.8, 4) is 0 Å². The van der Waals surface area contributed by atoms with Crippen molar-refractivity contribution in [3.05, 3.63) is 22.4 Å². The van der Waals surface area contributed by atoms with Gasteiger partial charge in [-0.15, -0.1) is 11.3 Å². The minimum atomic E-state index is 0.221. The number of rotatable bonds is 4. The van der Waals surface area contributed by atoms with E-state index in [4.69, 9.17) is 0 Å². The standard InChI is InChI=1S/C11H16N2OS/c1-13(11(14)9-7-12-8-9)5-4-10-3-2-6-15-10/h2-3,6,9,12H,4-5,7-8H2,1H3. The molecule has 0 spiro atoms. The van der Waals surface area contributed by atoms with Crippen molar-refractivity contribution in [1.82, 2.24) is 10.2 Å². The van der Waals surface area contributed by atoms with Crippen LogP contribution in [-0.4, -0.2) is 37.5 Å². The molecule has 0 aliphatic carbocycles. The molecule has 1 saturated heterocycles. The van der Waals surface area contributed by atoms with Gasteiger partial charge >= 0.3 is 0 Å². The van der Waals surface area contributed by atoms with Crippen LogP contribution in [0.3, 0.4) is 0 Å². The van der Waals surface area contributed by atoms with Gasteiger partial charge in [0.05, 0.1) is 5.92 Å². The van der Waals surface area contributed by atoms with Crippen LogP contribution in [0.5, 0.6) is 0 Å². The highest BCUT2D eigenvalue weighted by atomic mass is 32.1. The molecule has 1 fully saturated rings. The van der Waals surface area contributed by atoms with E-state index in [0.29, 0.717) is 0 Å². The summed E-state index contributed by atoms with van der Waals surface area (Å²) in [4.78, 5) is 15.0. The highest BCUT2D eigenvalue weighted by molar-refractivity contribution is 7.09. The summed E-state index contributed by atoms with van der Waals surface area (Å²) in [6.45, 7) is 2.53. The molecule has 0 atom stereocenters. The fraction of sp³-hybridized carbons (Fsp3) is 0.545. The van der Waals surface area contributed by atoms with E-state index < -0.39 is 0 Å². The Morgan fingerprint density at radius 2 is 2.47 bits per heavy atom. The quantitative estimate of drug-likeness (QED) is 0.826. The lowest BCUT2D eigenvalue weighted by Crippen LogP contribution is -2.51. The lowest BCUT2D eigenvalue weighted by Gasteiger charge is -2.30. The highest BCUT2D eigenvalue weighted by Gasteiger charge is 2.27. The minimum Gasteiger partial charge on any atom is -0.345 e. The first-order valence-electron chi connectivity index (χ1n) is 5.25. The zero-order chi connectivity index (χ0) is 10.7. The van der Waals surface area contributed by atoms with E-state index in [9.17, 15) is 4.79 Å². The Labute approximate surface area is 94.1 Å². The van der Waals surface area contributed by atoms with Crippen LogP contribution in [0, 0.1) is 5.92 Å². The topological polar surface area (TPSA) is 32.3 Å². The van der Waals surface area contributed by atoms with E-state index in [1.165, 1.54) is 4.88 Å². The molecule has 0 saturated carbocycles. The van der Waals surface area contributed by atoms with Crippen molar-refractivity contribution in [3.63, 3.8) is 0 Å². The highest BCUT2D eigenvalue weighted by Crippen LogP contribution is 2.11. The number of carbonyl (C=O) groups is 1. The first-order chi connectivity index (χ1) is 7.27. The maximum absolute atomic E-state index is 11.8. The molecule has 3 nitrogen and oxygen atoms in total. The second-order valence-corrected chi connectivity index (χ2v) is 4.98. The Hall–Kier alpha value is -0.870. The molecule has 4 heteroatoms. The Morgan fingerprint density at radius 3 is 3.00 bits per heavy atom. The van der Waals surface area contributed by atoms with Crippen molar-refractivity contribution < 1.29 is 4.79 Å². The number of nitrogens with one attached hydrogen (secondary N) is 1. The summed E-state index contributed by atoms with van der Waals surface area (Å²) >= 11 is 1.75. The summed E-state index contributed by atoms with van der Waals surface area (Å²) in [7, 11) is 1.90. The lowest BCUT2D eigenvalue weighted by molar-refractivity contribution is -0.135. The molecule has 1 aromatic heterocycles. The summed E-state index contributed by atoms with van der Waals surface area (Å²) in [6, 6.07) is 4.17. The Kier molecular flexibility index (Phi) is 3.38. The Morgan fingerprint density at radius 1 is 1.67 bits per heavy atom. The van der Waals surface area contributed by atoms with E-state index in [1.807, 2.05) is 11.9 Å². The molecule has 1 aliphatic heterocycles. The van der Waals surface area contributed by atoms with Crippen LogP contribution in [0.1, 0.15) is 4.88 Å². The van der Waals surface area contributed by atoms with Gasteiger partial charge in [-0.3, -0.25) is 4.79 Å². The largest absolute Gasteiger partial charge is 0.345 e. The van der Waals surface area contributed by atoms with E-state index in [0.717, 1.165) is 26.1 Å². The first kappa shape index (κ1) is 10.6. The summed E-state index contributed by atoms with van der Waals surface area (Å²) < 4.78 is 0. The third-order valence-electron chi connectivity index (χ3n) is 2.78. The summed E-state index contributed by atoms with van der Waals surface area (Å²) in [5.74, 6) is 0.503. The average molecular weight is 224 g/mol. The van der Waals surface area contributed by atoms with Crippen LogP contribution in [0.2, 0.25) is 0 Å². The Bertz CT molecular complexity index is 319. The van der Waals surface area contributed by atoms with Gasteiger partial charge in [0.25, 0.3) is 0 Å². The number of nitrogens with zero attached hydrogens (tertiary/aromatic N) is 1. The Balaban J connectivity index is 1.76. The van der Waals surface area contributed by atoms with Gasteiger partial charge in [0, 0.05) is 31.6 Å². The number of thiophene rings is 1. The average Bonchev–Trinajstić information content (AvgIpc) is 2.63. The second-order valence-electron chi connectivity index (χ2n) is 3.94. The normalized spacial score (nSPS) is 16.1. The fourth-order valence-electron chi connectivity index (χ4n) is 1.62. The molecule has 2 heterocycles. The molecular weight excluding hydrogens is 208 g/mol. The number of likely N-dealkylation sites (N-methyl/N-ethyl adjacent to an activating group) is 1. The van der Waals surface area contributed by atoms with E-state index in [-0.39, 0.29) is 11.8 Å². The SMILES string of the molecule is CN(CCc1cccs1)C(=O)C1CNC1. The van der Waals surface area contributed by atoms with Crippen molar-refractivity contribution in [2.45, 2.75) is 6.42 Å². The van der Waals surface area contributed by atoms with Crippen molar-refractivity contribution in [1.29, 1.82) is 0 Å². The smallest absolute Gasteiger partial charge is 0.228 e. The first-order valence-corrected chi connectivity index (χ1v) is 6.13. The monoisotopic (exact) mass is 224 g/mol. The molecule has 2 rings (SSSR count). The molecular formula is C11H16N2OS. The fourth-order valence-corrected chi connectivity index (χ4v) is 2.32. The number of hydrogen-bond acceptors (Lipinski definition) is 3. The molecule has 1 aliphatic rings. The molecule has 0 radical (unpaired) electrons. The molecule has 1 amide bonds. The van der Waals surface area contributed by atoms with Gasteiger partial charge in [-0.2, -0.15) is 0 Å². The summed E-state index contributed by atoms with van der Waals surface area (Å²) in [5, 5.41) is 5.20. The molecule has 0 bridgehead atoms. The maximum atomic E-state index is 11.8. The zero-order valence-corrected chi connectivity index (χ0v) is 9.72. The molecule has 0 aromatic carbocycles. The molecule has 1 N–H and O–H groups in total. The van der Waals surface area contributed by atoms with E-state index in [2.05, 4.69) is 22.8 Å². The van der Waals surface area contributed by atoms with Crippen LogP contribution >= 0.6 is 11.3 Å². The summed E-state index contributed by atoms with van der Waals surface area (Å²) in [6.07, 6.45) is 0.972.